The lowest BCUT2D eigenvalue weighted by molar-refractivity contribution is -0.0405. The number of para-hydroxylation sites is 2. The van der Waals surface area contributed by atoms with Gasteiger partial charge in [-0.1, -0.05) is 36.4 Å². The zero-order valence-electron chi connectivity index (χ0n) is 14.0. The largest absolute Gasteiger partial charge is 0.464 e. The van der Waals surface area contributed by atoms with E-state index in [2.05, 4.69) is 0 Å². The molecule has 0 saturated carbocycles. The average molecular weight is 350 g/mol. The van der Waals surface area contributed by atoms with Crippen LogP contribution < -0.4 is 5.73 Å². The predicted molar refractivity (Wildman–Crippen MR) is 97.0 cm³/mol. The number of nitrogens with two attached hydrogens (primary N) is 1. The SMILES string of the molecule is NC(=O)N(O)CCC(c1coc2ccccc12)c1coc2ccccc12. The minimum atomic E-state index is -0.877. The van der Waals surface area contributed by atoms with Crippen LogP contribution in [0, 0.1) is 0 Å². The Bertz CT molecular complexity index is 992. The maximum atomic E-state index is 11.2. The van der Waals surface area contributed by atoms with Crippen LogP contribution in [-0.4, -0.2) is 22.8 Å². The number of carbonyl (C=O) groups is 1. The van der Waals surface area contributed by atoms with E-state index in [4.69, 9.17) is 14.6 Å². The van der Waals surface area contributed by atoms with Crippen LogP contribution in [0.4, 0.5) is 4.79 Å². The molecule has 0 fully saturated rings. The smallest absolute Gasteiger partial charge is 0.338 e. The molecule has 2 aromatic heterocycles. The molecule has 4 rings (SSSR count). The summed E-state index contributed by atoms with van der Waals surface area (Å²) in [7, 11) is 0. The molecule has 0 unspecified atom stereocenters. The van der Waals surface area contributed by atoms with Gasteiger partial charge in [0.2, 0.25) is 0 Å². The third-order valence-electron chi connectivity index (χ3n) is 4.66. The Morgan fingerprint density at radius 2 is 1.46 bits per heavy atom. The first kappa shape index (κ1) is 16.2. The minimum absolute atomic E-state index is 0.0962. The van der Waals surface area contributed by atoms with Crippen molar-refractivity contribution in [3.05, 3.63) is 72.2 Å². The van der Waals surface area contributed by atoms with Gasteiger partial charge in [-0.2, -0.15) is 0 Å². The Morgan fingerprint density at radius 1 is 0.962 bits per heavy atom. The maximum Gasteiger partial charge on any atom is 0.338 e. The van der Waals surface area contributed by atoms with Crippen LogP contribution in [0.15, 0.2) is 69.9 Å². The molecular weight excluding hydrogens is 332 g/mol. The second-order valence-corrected chi connectivity index (χ2v) is 6.18. The Labute approximate surface area is 149 Å². The highest BCUT2D eigenvalue weighted by Gasteiger charge is 2.24. The van der Waals surface area contributed by atoms with Crippen LogP contribution in [0.5, 0.6) is 0 Å². The topological polar surface area (TPSA) is 92.8 Å². The Hall–Kier alpha value is -3.25. The normalized spacial score (nSPS) is 11.5. The number of urea groups is 1. The number of hydrogen-bond donors (Lipinski definition) is 2. The van der Waals surface area contributed by atoms with Crippen LogP contribution in [0.25, 0.3) is 21.9 Å². The molecule has 2 amide bonds. The molecule has 0 bridgehead atoms. The summed E-state index contributed by atoms with van der Waals surface area (Å²) >= 11 is 0. The number of carbonyl (C=O) groups excluding carboxylic acids is 1. The van der Waals surface area contributed by atoms with Gasteiger partial charge >= 0.3 is 6.03 Å². The molecule has 2 aromatic carbocycles. The summed E-state index contributed by atoms with van der Waals surface area (Å²) in [4.78, 5) is 11.2. The van der Waals surface area contributed by atoms with E-state index in [-0.39, 0.29) is 12.5 Å². The highest BCUT2D eigenvalue weighted by molar-refractivity contribution is 5.86. The number of benzene rings is 2. The van der Waals surface area contributed by atoms with E-state index in [0.29, 0.717) is 11.5 Å². The second kappa shape index (κ2) is 6.57. The number of nitrogens with zero attached hydrogens (tertiary/aromatic N) is 1. The lowest BCUT2D eigenvalue weighted by Gasteiger charge is -2.18. The zero-order valence-corrected chi connectivity index (χ0v) is 14.0. The Morgan fingerprint density at radius 3 is 1.96 bits per heavy atom. The van der Waals surface area contributed by atoms with Gasteiger partial charge in [0, 0.05) is 27.8 Å². The predicted octanol–water partition coefficient (Wildman–Crippen LogP) is 4.47. The second-order valence-electron chi connectivity index (χ2n) is 6.18. The molecule has 0 aliphatic heterocycles. The fourth-order valence-corrected chi connectivity index (χ4v) is 3.38. The van der Waals surface area contributed by atoms with E-state index in [9.17, 15) is 10.0 Å². The molecule has 6 nitrogen and oxygen atoms in total. The van der Waals surface area contributed by atoms with Crippen molar-refractivity contribution in [1.82, 2.24) is 5.06 Å². The highest BCUT2D eigenvalue weighted by atomic mass is 16.5. The van der Waals surface area contributed by atoms with Crippen LogP contribution in [0.3, 0.4) is 0 Å². The fraction of sp³-hybridized carbons (Fsp3) is 0.150. The molecular formula is C20H18N2O4. The molecule has 0 spiro atoms. The summed E-state index contributed by atoms with van der Waals surface area (Å²) in [5.41, 5.74) is 8.67. The molecule has 4 aromatic rings. The first-order chi connectivity index (χ1) is 12.6. The summed E-state index contributed by atoms with van der Waals surface area (Å²) in [6, 6.07) is 14.7. The average Bonchev–Trinajstić information content (AvgIpc) is 3.27. The summed E-state index contributed by atoms with van der Waals surface area (Å²) < 4.78 is 11.4. The third kappa shape index (κ3) is 2.80. The maximum absolute atomic E-state index is 11.2. The van der Waals surface area contributed by atoms with Crippen LogP contribution in [-0.2, 0) is 0 Å². The van der Waals surface area contributed by atoms with E-state index < -0.39 is 6.03 Å². The van der Waals surface area contributed by atoms with Crippen LogP contribution >= 0.6 is 0 Å². The number of primary amides is 1. The summed E-state index contributed by atoms with van der Waals surface area (Å²) in [5.74, 6) is -0.128. The molecule has 3 N–H and O–H groups in total. The van der Waals surface area contributed by atoms with Gasteiger partial charge in [-0.25, -0.2) is 9.86 Å². The van der Waals surface area contributed by atoms with E-state index in [1.165, 1.54) is 0 Å². The van der Waals surface area contributed by atoms with Gasteiger partial charge in [0.25, 0.3) is 0 Å². The minimum Gasteiger partial charge on any atom is -0.464 e. The van der Waals surface area contributed by atoms with Crippen molar-refractivity contribution in [3.8, 4) is 0 Å². The van der Waals surface area contributed by atoms with E-state index in [0.717, 1.165) is 33.1 Å². The number of hydrogen-bond acceptors (Lipinski definition) is 4. The summed E-state index contributed by atoms with van der Waals surface area (Å²) in [5, 5.41) is 12.2. The van der Waals surface area contributed by atoms with Crippen molar-refractivity contribution < 1.29 is 18.8 Å². The molecule has 26 heavy (non-hydrogen) atoms. The first-order valence-corrected chi connectivity index (χ1v) is 8.33. The number of hydroxylamine groups is 2. The fourth-order valence-electron chi connectivity index (χ4n) is 3.38. The van der Waals surface area contributed by atoms with Gasteiger partial charge in [0.05, 0.1) is 19.1 Å². The summed E-state index contributed by atoms with van der Waals surface area (Å²) in [6.07, 6.45) is 3.92. The molecule has 0 aliphatic carbocycles. The van der Waals surface area contributed by atoms with Gasteiger partial charge in [0.15, 0.2) is 0 Å². The molecule has 0 saturated heterocycles. The van der Waals surface area contributed by atoms with Crippen molar-refractivity contribution in [2.24, 2.45) is 5.73 Å². The van der Waals surface area contributed by atoms with Crippen LogP contribution in [0.2, 0.25) is 0 Å². The van der Waals surface area contributed by atoms with Crippen molar-refractivity contribution in [1.29, 1.82) is 0 Å². The van der Waals surface area contributed by atoms with E-state index in [1.807, 2.05) is 48.5 Å². The number of furan rings is 2. The molecule has 6 heteroatoms. The van der Waals surface area contributed by atoms with Gasteiger partial charge in [-0.15, -0.1) is 0 Å². The van der Waals surface area contributed by atoms with Gasteiger partial charge in [-0.3, -0.25) is 5.21 Å². The van der Waals surface area contributed by atoms with E-state index >= 15 is 0 Å². The molecule has 2 heterocycles. The molecule has 132 valence electrons. The lowest BCUT2D eigenvalue weighted by Crippen LogP contribution is -2.34. The highest BCUT2D eigenvalue weighted by Crippen LogP contribution is 2.38. The zero-order chi connectivity index (χ0) is 18.1. The molecule has 0 atom stereocenters. The molecule has 0 aliphatic rings. The third-order valence-corrected chi connectivity index (χ3v) is 4.66. The first-order valence-electron chi connectivity index (χ1n) is 8.33. The van der Waals surface area contributed by atoms with Gasteiger partial charge < -0.3 is 14.6 Å². The Balaban J connectivity index is 1.80. The van der Waals surface area contributed by atoms with Crippen molar-refractivity contribution in [2.45, 2.75) is 12.3 Å². The van der Waals surface area contributed by atoms with E-state index in [1.54, 1.807) is 12.5 Å². The van der Waals surface area contributed by atoms with Gasteiger partial charge in [0.1, 0.15) is 11.2 Å². The number of rotatable bonds is 5. The van der Waals surface area contributed by atoms with Gasteiger partial charge in [-0.05, 0) is 18.6 Å². The monoisotopic (exact) mass is 350 g/mol. The Kier molecular flexibility index (Phi) is 4.10. The quantitative estimate of drug-likeness (QED) is 0.410. The standard InChI is InChI=1S/C20H18N2O4/c21-20(23)22(24)10-9-13(16-11-25-18-7-3-1-5-14(16)18)17-12-26-19-8-4-2-6-15(17)19/h1-8,11-13,24H,9-10H2,(H2,21,23). The van der Waals surface area contributed by atoms with Crippen molar-refractivity contribution in [3.63, 3.8) is 0 Å². The van der Waals surface area contributed by atoms with Crippen molar-refractivity contribution in [2.75, 3.05) is 6.54 Å². The van der Waals surface area contributed by atoms with Crippen molar-refractivity contribution >= 4 is 28.0 Å². The number of fused-ring (bicyclic) bond motifs is 2. The lowest BCUT2D eigenvalue weighted by atomic mass is 9.88. The van der Waals surface area contributed by atoms with Crippen LogP contribution in [0.1, 0.15) is 23.5 Å². The number of amides is 2. The molecule has 0 radical (unpaired) electrons. The summed E-state index contributed by atoms with van der Waals surface area (Å²) in [6.45, 7) is 0.0962.